The van der Waals surface area contributed by atoms with Crippen molar-refractivity contribution in [1.82, 2.24) is 23.9 Å². The van der Waals surface area contributed by atoms with Crippen LogP contribution in [-0.4, -0.2) is 23.9 Å². The summed E-state index contributed by atoms with van der Waals surface area (Å²) in [5, 5.41) is 2.28. The summed E-state index contributed by atoms with van der Waals surface area (Å²) < 4.78 is 6.26. The number of pyridine rings is 1. The SMILES string of the molecule is Cc1c2c(=O)n(-c3nc4ccccc4s3)n(Cc3ccccc3)c2cc(=O)n1CCc1c[nH]c2ccccc12. The normalized spacial score (nSPS) is 11.7. The minimum Gasteiger partial charge on any atom is -0.361 e. The fraction of sp³-hybridized carbons (Fsp3) is 0.129. The number of thiazole rings is 1. The molecule has 39 heavy (non-hydrogen) atoms. The molecule has 8 heteroatoms. The van der Waals surface area contributed by atoms with Crippen LogP contribution >= 0.6 is 11.3 Å². The van der Waals surface area contributed by atoms with Crippen molar-refractivity contribution >= 4 is 43.4 Å². The van der Waals surface area contributed by atoms with Crippen molar-refractivity contribution in [3.8, 4) is 5.13 Å². The number of para-hydroxylation sites is 2. The molecule has 0 aliphatic carbocycles. The third kappa shape index (κ3) is 3.92. The number of nitrogens with one attached hydrogen (secondary N) is 1. The number of nitrogens with zero attached hydrogens (tertiary/aromatic N) is 4. The van der Waals surface area contributed by atoms with Crippen LogP contribution in [0.1, 0.15) is 16.8 Å². The lowest BCUT2D eigenvalue weighted by atomic mass is 10.1. The summed E-state index contributed by atoms with van der Waals surface area (Å²) in [6, 6.07) is 27.6. The van der Waals surface area contributed by atoms with Gasteiger partial charge in [-0.25, -0.2) is 4.98 Å². The van der Waals surface area contributed by atoms with Crippen molar-refractivity contribution in [3.05, 3.63) is 129 Å². The highest BCUT2D eigenvalue weighted by atomic mass is 32.1. The van der Waals surface area contributed by atoms with Gasteiger partial charge in [-0.05, 0) is 42.7 Å². The first-order valence-corrected chi connectivity index (χ1v) is 13.7. The van der Waals surface area contributed by atoms with E-state index in [9.17, 15) is 9.59 Å². The first-order chi connectivity index (χ1) is 19.1. The molecular weight excluding hydrogens is 506 g/mol. The Balaban J connectivity index is 1.39. The molecule has 0 atom stereocenters. The van der Waals surface area contributed by atoms with E-state index in [0.717, 1.165) is 32.2 Å². The van der Waals surface area contributed by atoms with Crippen molar-refractivity contribution in [2.24, 2.45) is 0 Å². The summed E-state index contributed by atoms with van der Waals surface area (Å²) in [6.45, 7) is 2.79. The van der Waals surface area contributed by atoms with Crippen LogP contribution in [0.5, 0.6) is 0 Å². The van der Waals surface area contributed by atoms with Gasteiger partial charge >= 0.3 is 0 Å². The molecule has 0 amide bonds. The number of aryl methyl sites for hydroxylation is 2. The summed E-state index contributed by atoms with van der Waals surface area (Å²) in [5.41, 5.74) is 5.09. The van der Waals surface area contributed by atoms with Crippen LogP contribution in [0.15, 0.2) is 101 Å². The van der Waals surface area contributed by atoms with E-state index in [0.29, 0.717) is 41.2 Å². The van der Waals surface area contributed by atoms with E-state index in [1.807, 2.05) is 90.6 Å². The van der Waals surface area contributed by atoms with Crippen molar-refractivity contribution < 1.29 is 0 Å². The molecule has 1 N–H and O–H groups in total. The van der Waals surface area contributed by atoms with Crippen molar-refractivity contribution in [2.45, 2.75) is 26.4 Å². The minimum absolute atomic E-state index is 0.122. The molecule has 4 aromatic heterocycles. The lowest BCUT2D eigenvalue weighted by Gasteiger charge is -2.12. The van der Waals surface area contributed by atoms with Crippen molar-refractivity contribution in [2.75, 3.05) is 0 Å². The van der Waals surface area contributed by atoms with Crippen molar-refractivity contribution in [1.29, 1.82) is 0 Å². The average molecular weight is 532 g/mol. The highest BCUT2D eigenvalue weighted by Crippen LogP contribution is 2.26. The smallest absolute Gasteiger partial charge is 0.283 e. The summed E-state index contributed by atoms with van der Waals surface area (Å²) in [7, 11) is 0. The third-order valence-corrected chi connectivity index (χ3v) is 8.41. The van der Waals surface area contributed by atoms with Gasteiger partial charge in [0.25, 0.3) is 11.1 Å². The van der Waals surface area contributed by atoms with Crippen LogP contribution in [0.25, 0.3) is 37.2 Å². The summed E-state index contributed by atoms with van der Waals surface area (Å²) in [6.07, 6.45) is 2.67. The lowest BCUT2D eigenvalue weighted by molar-refractivity contribution is 0.610. The van der Waals surface area contributed by atoms with Gasteiger partial charge in [0.15, 0.2) is 0 Å². The molecule has 192 valence electrons. The van der Waals surface area contributed by atoms with E-state index in [-0.39, 0.29) is 11.1 Å². The number of aromatic nitrogens is 5. The molecule has 0 unspecified atom stereocenters. The van der Waals surface area contributed by atoms with Crippen LogP contribution in [0.4, 0.5) is 0 Å². The van der Waals surface area contributed by atoms with Gasteiger partial charge in [-0.1, -0.05) is 72.0 Å². The Kier molecular flexibility index (Phi) is 5.56. The first kappa shape index (κ1) is 23.4. The molecule has 0 radical (unpaired) electrons. The largest absolute Gasteiger partial charge is 0.361 e. The van der Waals surface area contributed by atoms with Gasteiger partial charge < -0.3 is 9.55 Å². The fourth-order valence-corrected chi connectivity index (χ4v) is 6.42. The zero-order valence-corrected chi connectivity index (χ0v) is 22.1. The van der Waals surface area contributed by atoms with E-state index in [1.54, 1.807) is 15.3 Å². The van der Waals surface area contributed by atoms with E-state index in [4.69, 9.17) is 4.98 Å². The second kappa shape index (κ2) is 9.25. The molecule has 0 spiro atoms. The number of aromatic amines is 1. The van der Waals surface area contributed by atoms with Crippen LogP contribution < -0.4 is 11.1 Å². The van der Waals surface area contributed by atoms with E-state index >= 15 is 0 Å². The topological polar surface area (TPSA) is 77.6 Å². The van der Waals surface area contributed by atoms with Crippen LogP contribution in [0.2, 0.25) is 0 Å². The average Bonchev–Trinajstić information content (AvgIpc) is 3.63. The molecule has 0 saturated carbocycles. The summed E-state index contributed by atoms with van der Waals surface area (Å²) >= 11 is 1.47. The molecule has 7 rings (SSSR count). The monoisotopic (exact) mass is 531 g/mol. The Labute approximate surface area is 227 Å². The van der Waals surface area contributed by atoms with Gasteiger partial charge in [0.2, 0.25) is 5.13 Å². The van der Waals surface area contributed by atoms with E-state index in [1.165, 1.54) is 11.3 Å². The number of fused-ring (bicyclic) bond motifs is 3. The van der Waals surface area contributed by atoms with Crippen LogP contribution in [0, 0.1) is 6.92 Å². The number of H-pyrrole nitrogens is 1. The maximum Gasteiger partial charge on any atom is 0.283 e. The standard InChI is InChI=1S/C31H25N5O2S/c1-20-29-26(17-28(37)34(20)16-15-22-18-32-24-12-6-5-11-23(22)24)35(19-21-9-3-2-4-10-21)36(30(29)38)31-33-25-13-7-8-14-27(25)39-31/h2-14,17-18,32H,15-16,19H2,1H3. The fourth-order valence-electron chi connectivity index (χ4n) is 5.45. The minimum atomic E-state index is -0.168. The Morgan fingerprint density at radius 3 is 2.54 bits per heavy atom. The second-order valence-electron chi connectivity index (χ2n) is 9.71. The molecule has 0 fully saturated rings. The predicted molar refractivity (Wildman–Crippen MR) is 157 cm³/mol. The van der Waals surface area contributed by atoms with E-state index in [2.05, 4.69) is 11.1 Å². The molecule has 0 saturated heterocycles. The molecule has 4 heterocycles. The van der Waals surface area contributed by atoms with Crippen LogP contribution in [0.3, 0.4) is 0 Å². The Hall–Kier alpha value is -4.69. The van der Waals surface area contributed by atoms with Gasteiger partial charge in [-0.2, -0.15) is 4.68 Å². The quantitative estimate of drug-likeness (QED) is 0.302. The highest BCUT2D eigenvalue weighted by Gasteiger charge is 2.22. The maximum atomic E-state index is 14.1. The van der Waals surface area contributed by atoms with E-state index < -0.39 is 0 Å². The first-order valence-electron chi connectivity index (χ1n) is 12.9. The lowest BCUT2D eigenvalue weighted by Crippen LogP contribution is -2.24. The van der Waals surface area contributed by atoms with Crippen LogP contribution in [-0.2, 0) is 19.5 Å². The van der Waals surface area contributed by atoms with Gasteiger partial charge in [-0.15, -0.1) is 0 Å². The van der Waals surface area contributed by atoms with Gasteiger partial charge in [0.05, 0.1) is 27.7 Å². The summed E-state index contributed by atoms with van der Waals surface area (Å²) in [4.78, 5) is 35.7. The predicted octanol–water partition coefficient (Wildman–Crippen LogP) is 5.64. The molecule has 0 aliphatic rings. The number of benzene rings is 3. The number of rotatable bonds is 6. The summed E-state index contributed by atoms with van der Waals surface area (Å²) in [5.74, 6) is 0. The molecule has 0 bridgehead atoms. The van der Waals surface area contributed by atoms with Gasteiger partial charge in [0, 0.05) is 35.4 Å². The Morgan fingerprint density at radius 2 is 1.69 bits per heavy atom. The highest BCUT2D eigenvalue weighted by molar-refractivity contribution is 7.20. The van der Waals surface area contributed by atoms with Gasteiger partial charge in [0.1, 0.15) is 0 Å². The molecule has 3 aromatic carbocycles. The third-order valence-electron chi connectivity index (χ3n) is 7.39. The maximum absolute atomic E-state index is 14.1. The molecule has 7 aromatic rings. The second-order valence-corrected chi connectivity index (χ2v) is 10.7. The van der Waals surface area contributed by atoms with Crippen molar-refractivity contribution in [3.63, 3.8) is 0 Å². The zero-order chi connectivity index (χ0) is 26.5. The molecular formula is C31H25N5O2S. The zero-order valence-electron chi connectivity index (χ0n) is 21.3. The molecule has 7 nitrogen and oxygen atoms in total. The Morgan fingerprint density at radius 1 is 0.923 bits per heavy atom. The van der Waals surface area contributed by atoms with Gasteiger partial charge in [-0.3, -0.25) is 14.3 Å². The Bertz CT molecular complexity index is 2080. The molecule has 0 aliphatic heterocycles. The number of hydrogen-bond donors (Lipinski definition) is 1. The number of hydrogen-bond acceptors (Lipinski definition) is 4.